The maximum atomic E-state index is 12.1. The largest absolute Gasteiger partial charge is 0.497 e. The molecule has 2 rings (SSSR count). The normalized spacial score (nSPS) is 10.0. The molecular weight excluding hydrogens is 328 g/mol. The second-order valence-electron chi connectivity index (χ2n) is 5.02. The molecule has 1 heterocycles. The lowest BCUT2D eigenvalue weighted by Crippen LogP contribution is -2.35. The summed E-state index contributed by atoms with van der Waals surface area (Å²) in [6.07, 6.45) is 1.68. The van der Waals surface area contributed by atoms with Gasteiger partial charge in [0.25, 0.3) is 11.8 Å². The van der Waals surface area contributed by atoms with E-state index in [0.717, 1.165) is 0 Å². The van der Waals surface area contributed by atoms with Gasteiger partial charge < -0.3 is 18.8 Å². The predicted molar refractivity (Wildman–Crippen MR) is 87.7 cm³/mol. The van der Waals surface area contributed by atoms with E-state index >= 15 is 0 Å². The first kappa shape index (κ1) is 18.1. The number of nitrogens with zero attached hydrogens (tertiary/aromatic N) is 1. The smallest absolute Gasteiger partial charge is 0.342 e. The first-order valence-corrected chi connectivity index (χ1v) is 7.31. The zero-order chi connectivity index (χ0) is 18.4. The highest BCUT2D eigenvalue weighted by atomic mass is 16.5. The maximum absolute atomic E-state index is 12.1. The number of nitrogens with one attached hydrogen (secondary N) is 1. The number of hydrogen-bond acceptors (Lipinski definition) is 6. The molecule has 0 spiro atoms. The summed E-state index contributed by atoms with van der Waals surface area (Å²) in [7, 11) is 4.54. The molecule has 2 aromatic rings. The van der Waals surface area contributed by atoms with Gasteiger partial charge in [-0.05, 0) is 30.3 Å². The van der Waals surface area contributed by atoms with Crippen molar-refractivity contribution in [2.24, 2.45) is 7.05 Å². The third-order valence-electron chi connectivity index (χ3n) is 3.39. The maximum Gasteiger partial charge on any atom is 0.342 e. The van der Waals surface area contributed by atoms with Crippen LogP contribution >= 0.6 is 0 Å². The van der Waals surface area contributed by atoms with Crippen LogP contribution in [0.2, 0.25) is 0 Å². The van der Waals surface area contributed by atoms with Crippen LogP contribution in [-0.4, -0.2) is 43.2 Å². The van der Waals surface area contributed by atoms with Gasteiger partial charge in [0.05, 0.1) is 14.2 Å². The Morgan fingerprint density at radius 3 is 2.48 bits per heavy atom. The average molecular weight is 346 g/mol. The van der Waals surface area contributed by atoms with Gasteiger partial charge in [-0.15, -0.1) is 0 Å². The molecule has 0 radical (unpaired) electrons. The first-order chi connectivity index (χ1) is 12.0. The fourth-order valence-electron chi connectivity index (χ4n) is 2.11. The zero-order valence-electron chi connectivity index (χ0n) is 14.1. The van der Waals surface area contributed by atoms with Crippen LogP contribution in [-0.2, 0) is 16.6 Å². The number of methoxy groups -OCH3 is 2. The summed E-state index contributed by atoms with van der Waals surface area (Å²) < 4.78 is 16.6. The summed E-state index contributed by atoms with van der Waals surface area (Å²) in [5, 5.41) is 2.15. The Hall–Kier alpha value is -3.29. The van der Waals surface area contributed by atoms with Gasteiger partial charge in [-0.3, -0.25) is 14.9 Å². The number of aromatic nitrogens is 1. The van der Waals surface area contributed by atoms with E-state index in [1.54, 1.807) is 42.1 Å². The van der Waals surface area contributed by atoms with Gasteiger partial charge in [-0.25, -0.2) is 4.79 Å². The molecule has 0 bridgehead atoms. The number of rotatable bonds is 6. The van der Waals surface area contributed by atoms with Gasteiger partial charge >= 0.3 is 5.97 Å². The van der Waals surface area contributed by atoms with Crippen LogP contribution in [0.25, 0.3) is 0 Å². The summed E-state index contributed by atoms with van der Waals surface area (Å²) in [4.78, 5) is 35.8. The van der Waals surface area contributed by atoms with E-state index in [2.05, 4.69) is 5.32 Å². The average Bonchev–Trinajstić information content (AvgIpc) is 3.05. The van der Waals surface area contributed by atoms with Crippen molar-refractivity contribution >= 4 is 17.8 Å². The van der Waals surface area contributed by atoms with Crippen molar-refractivity contribution in [3.8, 4) is 11.5 Å². The third kappa shape index (κ3) is 4.37. The number of aryl methyl sites for hydroxylation is 1. The van der Waals surface area contributed by atoms with E-state index < -0.39 is 24.4 Å². The van der Waals surface area contributed by atoms with E-state index in [0.29, 0.717) is 11.4 Å². The van der Waals surface area contributed by atoms with Crippen LogP contribution in [0.3, 0.4) is 0 Å². The number of ether oxygens (including phenoxy) is 3. The monoisotopic (exact) mass is 346 g/mol. The Morgan fingerprint density at radius 2 is 1.88 bits per heavy atom. The number of carbonyl (C=O) groups is 3. The molecule has 0 aliphatic carbocycles. The van der Waals surface area contributed by atoms with Crippen LogP contribution in [0.15, 0.2) is 36.5 Å². The minimum absolute atomic E-state index is 0.114. The van der Waals surface area contributed by atoms with Crippen molar-refractivity contribution in [2.45, 2.75) is 0 Å². The van der Waals surface area contributed by atoms with Crippen LogP contribution in [0.5, 0.6) is 11.5 Å². The molecule has 8 nitrogen and oxygen atoms in total. The molecule has 25 heavy (non-hydrogen) atoms. The molecule has 0 atom stereocenters. The molecule has 0 fully saturated rings. The molecule has 1 aromatic carbocycles. The highest BCUT2D eigenvalue weighted by molar-refractivity contribution is 6.04. The zero-order valence-corrected chi connectivity index (χ0v) is 14.1. The Labute approximate surface area is 144 Å². The molecule has 1 N–H and O–H groups in total. The van der Waals surface area contributed by atoms with E-state index in [-0.39, 0.29) is 11.3 Å². The van der Waals surface area contributed by atoms with Crippen molar-refractivity contribution in [1.82, 2.24) is 9.88 Å². The number of amides is 2. The highest BCUT2D eigenvalue weighted by Gasteiger charge is 2.18. The molecule has 1 aromatic heterocycles. The minimum atomic E-state index is -0.766. The van der Waals surface area contributed by atoms with Gasteiger partial charge in [0.2, 0.25) is 0 Å². The number of imide groups is 1. The molecular formula is C17H18N2O6. The van der Waals surface area contributed by atoms with Crippen LogP contribution in [0, 0.1) is 0 Å². The molecule has 0 saturated carbocycles. The third-order valence-corrected chi connectivity index (χ3v) is 3.39. The summed E-state index contributed by atoms with van der Waals surface area (Å²) in [5.74, 6) is -1.35. The highest BCUT2D eigenvalue weighted by Crippen LogP contribution is 2.24. The van der Waals surface area contributed by atoms with Gasteiger partial charge in [0, 0.05) is 13.2 Å². The Balaban J connectivity index is 1.96. The number of esters is 1. The molecule has 0 aliphatic rings. The molecule has 0 aliphatic heterocycles. The summed E-state index contributed by atoms with van der Waals surface area (Å²) in [6, 6.07) is 7.85. The van der Waals surface area contributed by atoms with Gasteiger partial charge in [0.15, 0.2) is 6.61 Å². The van der Waals surface area contributed by atoms with Crippen molar-refractivity contribution in [2.75, 3.05) is 20.8 Å². The quantitative estimate of drug-likeness (QED) is 0.789. The molecule has 0 saturated heterocycles. The number of carbonyl (C=O) groups excluding carboxylic acids is 3. The standard InChI is InChI=1S/C17H18N2O6/c1-19-8-4-5-13(19)16(21)18-15(20)10-25-17(22)12-9-11(23-2)6-7-14(12)24-3/h4-9H,10H2,1-3H3,(H,18,20,21). The summed E-state index contributed by atoms with van der Waals surface area (Å²) >= 11 is 0. The fourth-order valence-corrected chi connectivity index (χ4v) is 2.11. The molecule has 8 heteroatoms. The first-order valence-electron chi connectivity index (χ1n) is 7.31. The minimum Gasteiger partial charge on any atom is -0.497 e. The summed E-state index contributed by atoms with van der Waals surface area (Å²) in [6.45, 7) is -0.602. The number of hydrogen-bond donors (Lipinski definition) is 1. The van der Waals surface area contributed by atoms with E-state index in [1.165, 1.54) is 20.3 Å². The molecule has 2 amide bonds. The lowest BCUT2D eigenvalue weighted by molar-refractivity contribution is -0.123. The van der Waals surface area contributed by atoms with Crippen molar-refractivity contribution in [1.29, 1.82) is 0 Å². The van der Waals surface area contributed by atoms with Gasteiger partial charge in [0.1, 0.15) is 22.8 Å². The van der Waals surface area contributed by atoms with E-state index in [4.69, 9.17) is 14.2 Å². The topological polar surface area (TPSA) is 95.9 Å². The summed E-state index contributed by atoms with van der Waals surface area (Å²) in [5.41, 5.74) is 0.428. The van der Waals surface area contributed by atoms with Crippen molar-refractivity contribution in [3.05, 3.63) is 47.8 Å². The number of benzene rings is 1. The predicted octanol–water partition coefficient (Wildman–Crippen LogP) is 1.16. The lowest BCUT2D eigenvalue weighted by Gasteiger charge is -2.10. The Kier molecular flexibility index (Phi) is 5.78. The Morgan fingerprint density at radius 1 is 1.12 bits per heavy atom. The van der Waals surface area contributed by atoms with Gasteiger partial charge in [-0.2, -0.15) is 0 Å². The second-order valence-corrected chi connectivity index (χ2v) is 5.02. The fraction of sp³-hybridized carbons (Fsp3) is 0.235. The van der Waals surface area contributed by atoms with Crippen molar-refractivity contribution in [3.63, 3.8) is 0 Å². The SMILES string of the molecule is COc1ccc(OC)c(C(=O)OCC(=O)NC(=O)c2cccn2C)c1. The lowest BCUT2D eigenvalue weighted by atomic mass is 10.2. The second kappa shape index (κ2) is 8.00. The van der Waals surface area contributed by atoms with Gasteiger partial charge in [-0.1, -0.05) is 0 Å². The van der Waals surface area contributed by atoms with Crippen LogP contribution in [0.1, 0.15) is 20.8 Å². The van der Waals surface area contributed by atoms with Crippen LogP contribution < -0.4 is 14.8 Å². The van der Waals surface area contributed by atoms with E-state index in [1.807, 2.05) is 0 Å². The van der Waals surface area contributed by atoms with Crippen molar-refractivity contribution < 1.29 is 28.6 Å². The van der Waals surface area contributed by atoms with E-state index in [9.17, 15) is 14.4 Å². The molecule has 0 unspecified atom stereocenters. The van der Waals surface area contributed by atoms with Crippen LogP contribution in [0.4, 0.5) is 0 Å². The Bertz CT molecular complexity index is 796. The molecule has 132 valence electrons.